The van der Waals surface area contributed by atoms with Crippen LogP contribution in [0.25, 0.3) is 17.1 Å². The predicted molar refractivity (Wildman–Crippen MR) is 114 cm³/mol. The van der Waals surface area contributed by atoms with Gasteiger partial charge in [0.05, 0.1) is 10.0 Å². The third-order valence-electron chi connectivity index (χ3n) is 4.55. The smallest absolute Gasteiger partial charge is 0.284 e. The lowest BCUT2D eigenvalue weighted by Gasteiger charge is -2.13. The Kier molecular flexibility index (Phi) is 5.36. The fourth-order valence-corrected chi connectivity index (χ4v) is 4.17. The number of rotatable bonds is 4. The highest BCUT2D eigenvalue weighted by molar-refractivity contribution is 6.40. The summed E-state index contributed by atoms with van der Waals surface area (Å²) in [5.41, 5.74) is 1.44. The first-order valence-electron chi connectivity index (χ1n) is 8.80. The molecule has 0 aromatic heterocycles. The Labute approximate surface area is 181 Å². The van der Waals surface area contributed by atoms with Gasteiger partial charge >= 0.3 is 0 Å². The Bertz CT molecular complexity index is 1200. The van der Waals surface area contributed by atoms with Crippen LogP contribution in [0.3, 0.4) is 0 Å². The third-order valence-corrected chi connectivity index (χ3v) is 5.35. The van der Waals surface area contributed by atoms with E-state index in [-0.39, 0.29) is 21.7 Å². The molecule has 1 unspecified atom stereocenters. The van der Waals surface area contributed by atoms with Crippen LogP contribution in [0.4, 0.5) is 0 Å². The Morgan fingerprint density at radius 1 is 1.10 bits per heavy atom. The molecule has 148 valence electrons. The van der Waals surface area contributed by atoms with Gasteiger partial charge in [0.2, 0.25) is 0 Å². The lowest BCUT2D eigenvalue weighted by molar-refractivity contribution is 0.209. The number of nitrogens with zero attached hydrogens (tertiary/aromatic N) is 3. The maximum absolute atomic E-state index is 12.8. The molecule has 0 spiro atoms. The number of aromatic nitrogens is 4. The number of aromatic amines is 1. The lowest BCUT2D eigenvalue weighted by Crippen LogP contribution is -2.19. The summed E-state index contributed by atoms with van der Waals surface area (Å²) in [6.45, 7) is 1.90. The fourth-order valence-electron chi connectivity index (χ4n) is 3.19. The van der Waals surface area contributed by atoms with E-state index in [1.165, 1.54) is 4.68 Å². The number of hydrogen-bond donors (Lipinski definition) is 2. The third kappa shape index (κ3) is 3.53. The van der Waals surface area contributed by atoms with Crippen LogP contribution >= 0.6 is 34.8 Å². The molecule has 2 N–H and O–H groups in total. The summed E-state index contributed by atoms with van der Waals surface area (Å²) in [5.74, 6) is 0.267. The van der Waals surface area contributed by atoms with Crippen molar-refractivity contribution < 1.29 is 5.11 Å². The molecule has 0 amide bonds. The first-order chi connectivity index (χ1) is 13.9. The molecular weight excluding hydrogens is 435 g/mol. The number of aliphatic hydroxyl groups is 1. The highest BCUT2D eigenvalue weighted by Crippen LogP contribution is 2.35. The van der Waals surface area contributed by atoms with Crippen LogP contribution < -0.4 is 5.56 Å². The molecule has 0 saturated heterocycles. The van der Waals surface area contributed by atoms with Crippen molar-refractivity contribution in [3.63, 3.8) is 0 Å². The highest BCUT2D eigenvalue weighted by atomic mass is 35.5. The van der Waals surface area contributed by atoms with E-state index in [0.717, 1.165) is 0 Å². The van der Waals surface area contributed by atoms with Crippen molar-refractivity contribution in [3.8, 4) is 17.1 Å². The van der Waals surface area contributed by atoms with Gasteiger partial charge in [-0.15, -0.1) is 0 Å². The van der Waals surface area contributed by atoms with Gasteiger partial charge in [-0.3, -0.25) is 9.89 Å². The van der Waals surface area contributed by atoms with Gasteiger partial charge in [0.1, 0.15) is 17.4 Å². The summed E-state index contributed by atoms with van der Waals surface area (Å²) < 4.78 is 1.53. The number of nitrogens with one attached hydrogen (secondary N) is 1. The van der Waals surface area contributed by atoms with Crippen LogP contribution in [-0.2, 0) is 6.42 Å². The number of aliphatic hydroxyl groups excluding tert-OH is 1. The van der Waals surface area contributed by atoms with E-state index >= 15 is 0 Å². The van der Waals surface area contributed by atoms with Gasteiger partial charge in [-0.05, 0) is 24.1 Å². The fraction of sp³-hybridized carbons (Fsp3) is 0.150. The molecule has 0 fully saturated rings. The van der Waals surface area contributed by atoms with E-state index in [2.05, 4.69) is 15.1 Å². The van der Waals surface area contributed by atoms with Crippen LogP contribution in [0.15, 0.2) is 47.3 Å². The van der Waals surface area contributed by atoms with E-state index < -0.39 is 11.7 Å². The maximum Gasteiger partial charge on any atom is 0.284 e. The second kappa shape index (κ2) is 7.80. The summed E-state index contributed by atoms with van der Waals surface area (Å²) >= 11 is 18.8. The summed E-state index contributed by atoms with van der Waals surface area (Å²) in [5, 5.41) is 14.8. The molecule has 2 aromatic rings. The van der Waals surface area contributed by atoms with Gasteiger partial charge in [-0.25, -0.2) is 9.67 Å². The zero-order chi connectivity index (χ0) is 20.7. The predicted octanol–water partition coefficient (Wildman–Crippen LogP) is 4.66. The average molecular weight is 450 g/mol. The van der Waals surface area contributed by atoms with Crippen LogP contribution in [0.1, 0.15) is 30.1 Å². The normalized spacial score (nSPS) is 12.4. The van der Waals surface area contributed by atoms with Crippen LogP contribution in [0.2, 0.25) is 15.1 Å². The number of halogens is 3. The Hall–Kier alpha value is -2.38. The largest absolute Gasteiger partial charge is 0.380 e. The standard InChI is InChI=1S/C20H15Cl3N4O2/c1-2-14-15-19(27(26-14)16-12(22)8-11(21)9-13(16)23)24-18(25-20(15)29)17(28)10-6-4-3-5-7-10/h3-9,17,26,28H,2H2,1H3. The molecule has 2 heterocycles. The van der Waals surface area contributed by atoms with Gasteiger partial charge in [-0.1, -0.05) is 72.1 Å². The Balaban J connectivity index is 1.98. The second-order valence-electron chi connectivity index (χ2n) is 6.40. The average Bonchev–Trinajstić information content (AvgIpc) is 3.06. The van der Waals surface area contributed by atoms with Gasteiger partial charge in [0, 0.05) is 10.7 Å². The number of benzene rings is 2. The van der Waals surface area contributed by atoms with E-state index in [4.69, 9.17) is 34.8 Å². The van der Waals surface area contributed by atoms with E-state index in [1.807, 2.05) is 13.0 Å². The van der Waals surface area contributed by atoms with Crippen molar-refractivity contribution in [1.82, 2.24) is 19.7 Å². The molecule has 6 nitrogen and oxygen atoms in total. The van der Waals surface area contributed by atoms with E-state index in [9.17, 15) is 9.90 Å². The lowest BCUT2D eigenvalue weighted by atomic mass is 10.1. The van der Waals surface area contributed by atoms with Crippen molar-refractivity contribution in [2.45, 2.75) is 19.4 Å². The number of fused-ring (bicyclic) bond motifs is 1. The van der Waals surface area contributed by atoms with Crippen molar-refractivity contribution in [2.75, 3.05) is 0 Å². The number of aryl methyl sites for hydroxylation is 1. The summed E-state index contributed by atoms with van der Waals surface area (Å²) in [4.78, 5) is 21.3. The van der Waals surface area contributed by atoms with Crippen LogP contribution in [-0.4, -0.2) is 24.9 Å². The first kappa shape index (κ1) is 19.9. The quantitative estimate of drug-likeness (QED) is 0.474. The van der Waals surface area contributed by atoms with E-state index in [0.29, 0.717) is 34.0 Å². The second-order valence-corrected chi connectivity index (χ2v) is 7.65. The number of hydrogen-bond acceptors (Lipinski definition) is 4. The van der Waals surface area contributed by atoms with Crippen molar-refractivity contribution in [3.05, 3.63) is 85.0 Å². The summed E-state index contributed by atoms with van der Waals surface area (Å²) in [6.07, 6.45) is -0.621. The molecule has 2 aliphatic rings. The molecule has 2 aromatic carbocycles. The monoisotopic (exact) mass is 448 g/mol. The minimum absolute atomic E-state index is 0.00897. The molecule has 2 aliphatic heterocycles. The molecule has 29 heavy (non-hydrogen) atoms. The molecule has 0 bridgehead atoms. The molecule has 9 heteroatoms. The molecule has 1 atom stereocenters. The zero-order valence-electron chi connectivity index (χ0n) is 15.2. The van der Waals surface area contributed by atoms with Crippen molar-refractivity contribution in [2.24, 2.45) is 0 Å². The molecular formula is C20H15Cl3N4O2. The summed E-state index contributed by atoms with van der Waals surface area (Å²) in [7, 11) is 0. The van der Waals surface area contributed by atoms with Crippen LogP contribution in [0, 0.1) is 0 Å². The topological polar surface area (TPSA) is 83.8 Å². The van der Waals surface area contributed by atoms with Crippen LogP contribution in [0.5, 0.6) is 0 Å². The minimum Gasteiger partial charge on any atom is -0.380 e. The zero-order valence-corrected chi connectivity index (χ0v) is 17.4. The highest BCUT2D eigenvalue weighted by Gasteiger charge is 2.27. The molecule has 0 radical (unpaired) electrons. The summed E-state index contributed by atoms with van der Waals surface area (Å²) in [6, 6.07) is 12.0. The van der Waals surface area contributed by atoms with Gasteiger partial charge in [-0.2, -0.15) is 4.98 Å². The molecule has 0 saturated carbocycles. The van der Waals surface area contributed by atoms with Crippen molar-refractivity contribution in [1.29, 1.82) is 0 Å². The Morgan fingerprint density at radius 3 is 2.38 bits per heavy atom. The minimum atomic E-state index is -1.15. The van der Waals surface area contributed by atoms with Gasteiger partial charge < -0.3 is 5.11 Å². The first-order valence-corrected chi connectivity index (χ1v) is 9.93. The Morgan fingerprint density at radius 2 is 1.76 bits per heavy atom. The molecule has 4 rings (SSSR count). The maximum atomic E-state index is 12.8. The molecule has 0 aliphatic carbocycles. The SMILES string of the molecule is CCc1[nH]n(-c2c(Cl)cc(Cl)cc2Cl)c2nc(C(O)c3ccccc3)nc(=O)c1-2. The van der Waals surface area contributed by atoms with Gasteiger partial charge in [0.25, 0.3) is 5.56 Å². The number of H-pyrrole nitrogens is 1. The van der Waals surface area contributed by atoms with Gasteiger partial charge in [0.15, 0.2) is 11.6 Å². The van der Waals surface area contributed by atoms with E-state index in [1.54, 1.807) is 36.4 Å². The van der Waals surface area contributed by atoms with Crippen molar-refractivity contribution >= 4 is 34.8 Å².